The Kier molecular flexibility index (Phi) is 6.92. The van der Waals surface area contributed by atoms with Crippen LogP contribution >= 0.6 is 0 Å². The van der Waals surface area contributed by atoms with Gasteiger partial charge in [0.25, 0.3) is 5.91 Å². The third-order valence-electron chi connectivity index (χ3n) is 7.71. The van der Waals surface area contributed by atoms with Crippen molar-refractivity contribution >= 4 is 40.2 Å². The van der Waals surface area contributed by atoms with Crippen molar-refractivity contribution in [3.8, 4) is 22.4 Å². The fourth-order valence-electron chi connectivity index (χ4n) is 5.55. The monoisotopic (exact) mass is 604 g/mol. The zero-order chi connectivity index (χ0) is 31.1. The van der Waals surface area contributed by atoms with Crippen LogP contribution in [0, 0.1) is 0 Å². The number of benzene rings is 2. The molecule has 3 amide bonds. The maximum Gasteiger partial charge on any atom is 0.269 e. The second-order valence-electron chi connectivity index (χ2n) is 10.6. The largest absolute Gasteiger partial charge is 0.364 e. The first kappa shape index (κ1) is 27.8. The van der Waals surface area contributed by atoms with E-state index in [1.54, 1.807) is 53.3 Å². The molecule has 1 saturated heterocycles. The van der Waals surface area contributed by atoms with Crippen LogP contribution in [-0.4, -0.2) is 75.7 Å². The van der Waals surface area contributed by atoms with Crippen LogP contribution in [0.4, 0.5) is 10.2 Å². The van der Waals surface area contributed by atoms with E-state index in [2.05, 4.69) is 30.6 Å². The lowest BCUT2D eigenvalue weighted by molar-refractivity contribution is -0.137. The second-order valence-corrected chi connectivity index (χ2v) is 10.6. The molecule has 1 fully saturated rings. The highest BCUT2D eigenvalue weighted by Gasteiger charge is 2.40. The molecule has 2 unspecified atom stereocenters. The van der Waals surface area contributed by atoms with Crippen molar-refractivity contribution < 1.29 is 18.8 Å². The summed E-state index contributed by atoms with van der Waals surface area (Å²) >= 11 is 0. The summed E-state index contributed by atoms with van der Waals surface area (Å²) in [5.74, 6) is -1.29. The van der Waals surface area contributed by atoms with Gasteiger partial charge in [-0.15, -0.1) is 0 Å². The highest BCUT2D eigenvalue weighted by molar-refractivity contribution is 6.05. The van der Waals surface area contributed by atoms with Crippen molar-refractivity contribution in [2.75, 3.05) is 11.9 Å². The van der Waals surface area contributed by atoms with Gasteiger partial charge in [0, 0.05) is 35.3 Å². The van der Waals surface area contributed by atoms with Gasteiger partial charge in [0.05, 0.1) is 30.1 Å². The van der Waals surface area contributed by atoms with Gasteiger partial charge in [-0.05, 0) is 29.8 Å². The van der Waals surface area contributed by atoms with E-state index < -0.39 is 29.9 Å². The summed E-state index contributed by atoms with van der Waals surface area (Å²) in [5.41, 5.74) is 9.22. The average Bonchev–Trinajstić information content (AvgIpc) is 3.76. The molecular weight excluding hydrogens is 579 g/mol. The van der Waals surface area contributed by atoms with Crippen LogP contribution in [0.1, 0.15) is 16.9 Å². The van der Waals surface area contributed by atoms with E-state index in [1.165, 1.54) is 9.58 Å². The SMILES string of the molecule is NC(=O)c1nn(CC(=O)N2CC(F)CC2C(=O)Nc2ccn3cc(-c4ccccc4)nc3n2)c2ccc(-c3ccnnc3)cc12. The summed E-state index contributed by atoms with van der Waals surface area (Å²) in [5, 5.41) is 15.1. The van der Waals surface area contributed by atoms with E-state index >= 15 is 0 Å². The van der Waals surface area contributed by atoms with E-state index in [0.29, 0.717) is 16.7 Å². The van der Waals surface area contributed by atoms with Gasteiger partial charge < -0.3 is 16.0 Å². The predicted octanol–water partition coefficient (Wildman–Crippen LogP) is 2.88. The lowest BCUT2D eigenvalue weighted by atomic mass is 10.0. The molecule has 0 spiro atoms. The van der Waals surface area contributed by atoms with Crippen LogP contribution in [0.3, 0.4) is 0 Å². The second kappa shape index (κ2) is 11.2. The number of likely N-dealkylation sites (tertiary alicyclic amines) is 1. The van der Waals surface area contributed by atoms with E-state index in [1.807, 2.05) is 36.5 Å². The average molecular weight is 605 g/mol. The molecule has 7 rings (SSSR count). The fraction of sp³-hybridized carbons (Fsp3) is 0.161. The van der Waals surface area contributed by atoms with Crippen LogP contribution in [0.25, 0.3) is 39.1 Å². The Bertz CT molecular complexity index is 2080. The Balaban J connectivity index is 1.11. The topological polar surface area (TPSA) is 166 Å². The van der Waals surface area contributed by atoms with E-state index in [0.717, 1.165) is 22.4 Å². The molecule has 0 radical (unpaired) electrons. The molecule has 0 saturated carbocycles. The van der Waals surface area contributed by atoms with Crippen molar-refractivity contribution in [2.45, 2.75) is 25.2 Å². The molecule has 224 valence electrons. The maximum absolute atomic E-state index is 14.7. The minimum absolute atomic E-state index is 0.0170. The normalized spacial score (nSPS) is 16.3. The molecule has 1 aliphatic heterocycles. The number of primary amides is 1. The lowest BCUT2D eigenvalue weighted by Crippen LogP contribution is -2.44. The van der Waals surface area contributed by atoms with Gasteiger partial charge in [-0.1, -0.05) is 36.4 Å². The summed E-state index contributed by atoms with van der Waals surface area (Å²) in [6.45, 7) is -0.595. The number of hydrogen-bond acceptors (Lipinski definition) is 8. The molecule has 4 aromatic heterocycles. The smallest absolute Gasteiger partial charge is 0.269 e. The number of amides is 3. The van der Waals surface area contributed by atoms with Gasteiger partial charge in [-0.2, -0.15) is 20.3 Å². The molecular formula is C31H25FN10O3. The minimum Gasteiger partial charge on any atom is -0.364 e. The van der Waals surface area contributed by atoms with Crippen LogP contribution in [0.15, 0.2) is 85.5 Å². The van der Waals surface area contributed by atoms with Crippen LogP contribution in [0.5, 0.6) is 0 Å². The molecule has 6 aromatic rings. The number of halogens is 1. The van der Waals surface area contributed by atoms with Gasteiger partial charge in [0.1, 0.15) is 24.6 Å². The zero-order valence-corrected chi connectivity index (χ0v) is 23.6. The van der Waals surface area contributed by atoms with Gasteiger partial charge in [-0.3, -0.25) is 23.5 Å². The number of anilines is 1. The van der Waals surface area contributed by atoms with Crippen molar-refractivity contribution in [2.24, 2.45) is 5.73 Å². The zero-order valence-electron chi connectivity index (χ0n) is 23.6. The molecule has 1 aliphatic rings. The first-order valence-electron chi connectivity index (χ1n) is 14.1. The number of fused-ring (bicyclic) bond motifs is 2. The fourth-order valence-corrected chi connectivity index (χ4v) is 5.55. The van der Waals surface area contributed by atoms with Gasteiger partial charge in [0.2, 0.25) is 17.6 Å². The number of nitrogens with zero attached hydrogens (tertiary/aromatic N) is 8. The van der Waals surface area contributed by atoms with Crippen molar-refractivity contribution in [1.29, 1.82) is 0 Å². The van der Waals surface area contributed by atoms with Crippen molar-refractivity contribution in [3.05, 3.63) is 91.1 Å². The number of imidazole rings is 1. The number of nitrogens with two attached hydrogens (primary N) is 1. The Labute approximate surface area is 254 Å². The van der Waals surface area contributed by atoms with Crippen LogP contribution in [0.2, 0.25) is 0 Å². The third kappa shape index (κ3) is 5.33. The Morgan fingerprint density at radius 2 is 1.82 bits per heavy atom. The molecule has 14 heteroatoms. The number of rotatable bonds is 7. The third-order valence-corrected chi connectivity index (χ3v) is 7.71. The van der Waals surface area contributed by atoms with Gasteiger partial charge in [-0.25, -0.2) is 9.37 Å². The van der Waals surface area contributed by atoms with Crippen LogP contribution < -0.4 is 11.1 Å². The Hall–Kier alpha value is -6.05. The van der Waals surface area contributed by atoms with E-state index in [-0.39, 0.29) is 31.0 Å². The molecule has 45 heavy (non-hydrogen) atoms. The minimum atomic E-state index is -1.40. The number of carbonyl (C=O) groups is 3. The summed E-state index contributed by atoms with van der Waals surface area (Å²) in [4.78, 5) is 49.3. The van der Waals surface area contributed by atoms with Crippen molar-refractivity contribution in [1.82, 2.24) is 39.2 Å². The van der Waals surface area contributed by atoms with Crippen LogP contribution in [-0.2, 0) is 16.1 Å². The number of alkyl halides is 1. The Morgan fingerprint density at radius 3 is 2.60 bits per heavy atom. The van der Waals surface area contributed by atoms with E-state index in [9.17, 15) is 18.8 Å². The molecule has 5 heterocycles. The summed E-state index contributed by atoms with van der Waals surface area (Å²) in [6.07, 6.45) is 5.10. The number of nitrogens with one attached hydrogen (secondary N) is 1. The predicted molar refractivity (Wildman–Crippen MR) is 161 cm³/mol. The molecule has 2 atom stereocenters. The van der Waals surface area contributed by atoms with Gasteiger partial charge >= 0.3 is 0 Å². The molecule has 13 nitrogen and oxygen atoms in total. The molecule has 0 aliphatic carbocycles. The van der Waals surface area contributed by atoms with Gasteiger partial charge in [0.15, 0.2) is 5.69 Å². The first-order valence-corrected chi connectivity index (χ1v) is 14.1. The maximum atomic E-state index is 14.7. The standard InChI is InChI=1S/C31H25FN10O3/c32-21-13-25(30(45)37-26-9-11-40-16-23(36-31(40)38-26)18-4-2-1-3-5-18)41(15-21)27(43)17-42-24-7-6-19(20-8-10-34-35-14-20)12-22(24)28(39-42)29(33)44/h1-12,14,16,21,25H,13,15,17H2,(H2,33,44)(H,36,37,38,45). The Morgan fingerprint density at radius 1 is 0.978 bits per heavy atom. The number of carbonyl (C=O) groups excluding carboxylic acids is 3. The molecule has 0 bridgehead atoms. The summed E-state index contributed by atoms with van der Waals surface area (Å²) < 4.78 is 17.7. The quantitative estimate of drug-likeness (QED) is 0.281. The number of hydrogen-bond donors (Lipinski definition) is 2. The number of aromatic nitrogens is 7. The molecule has 2 aromatic carbocycles. The first-order chi connectivity index (χ1) is 21.8. The summed E-state index contributed by atoms with van der Waals surface area (Å²) in [7, 11) is 0. The van der Waals surface area contributed by atoms with Crippen molar-refractivity contribution in [3.63, 3.8) is 0 Å². The highest BCUT2D eigenvalue weighted by Crippen LogP contribution is 2.28. The molecule has 3 N–H and O–H groups in total. The highest BCUT2D eigenvalue weighted by atomic mass is 19.1. The van der Waals surface area contributed by atoms with E-state index in [4.69, 9.17) is 5.73 Å². The summed E-state index contributed by atoms with van der Waals surface area (Å²) in [6, 6.07) is 17.1. The lowest BCUT2D eigenvalue weighted by Gasteiger charge is -2.23.